The van der Waals surface area contributed by atoms with Gasteiger partial charge in [-0.05, 0) is 37.2 Å². The molecule has 2 aromatic rings. The fraction of sp³-hybridized carbons (Fsp3) is 0.522. The number of rotatable bonds is 5. The molecule has 0 saturated carbocycles. The minimum absolute atomic E-state index is 0.102. The molecule has 5 rings (SSSR count). The smallest absolute Gasteiger partial charge is 0.229 e. The van der Waals surface area contributed by atoms with Crippen LogP contribution in [0.3, 0.4) is 0 Å². The highest BCUT2D eigenvalue weighted by molar-refractivity contribution is 5.60. The number of hydrogen-bond acceptors (Lipinski definition) is 8. The fourth-order valence-corrected chi connectivity index (χ4v) is 5.01. The molecular weight excluding hydrogens is 390 g/mol. The lowest BCUT2D eigenvalue weighted by Gasteiger charge is -2.56. The molecular formula is C23H29N7O. The minimum atomic E-state index is -0.102. The van der Waals surface area contributed by atoms with Crippen LogP contribution in [0.25, 0.3) is 0 Å². The Labute approximate surface area is 183 Å². The van der Waals surface area contributed by atoms with Crippen molar-refractivity contribution < 1.29 is 4.74 Å². The van der Waals surface area contributed by atoms with E-state index in [1.54, 1.807) is 0 Å². The summed E-state index contributed by atoms with van der Waals surface area (Å²) in [4.78, 5) is 16.3. The number of nitriles is 1. The average molecular weight is 420 g/mol. The van der Waals surface area contributed by atoms with Gasteiger partial charge in [0.25, 0.3) is 0 Å². The predicted molar refractivity (Wildman–Crippen MR) is 119 cm³/mol. The van der Waals surface area contributed by atoms with Crippen LogP contribution in [0.5, 0.6) is 0 Å². The van der Waals surface area contributed by atoms with Gasteiger partial charge in [-0.25, -0.2) is 4.98 Å². The van der Waals surface area contributed by atoms with E-state index in [0.29, 0.717) is 12.4 Å². The predicted octanol–water partition coefficient (Wildman–Crippen LogP) is 2.28. The highest BCUT2D eigenvalue weighted by Crippen LogP contribution is 2.36. The summed E-state index contributed by atoms with van der Waals surface area (Å²) in [5.74, 6) is 1.55. The van der Waals surface area contributed by atoms with E-state index >= 15 is 0 Å². The molecule has 2 fully saturated rings. The number of benzene rings is 1. The topological polar surface area (TPSA) is 80.6 Å². The normalized spacial score (nSPS) is 20.7. The van der Waals surface area contributed by atoms with Crippen LogP contribution in [0.1, 0.15) is 23.1 Å². The molecule has 3 aliphatic heterocycles. The Morgan fingerprint density at radius 3 is 2.74 bits per heavy atom. The Morgan fingerprint density at radius 1 is 1.19 bits per heavy atom. The summed E-state index contributed by atoms with van der Waals surface area (Å²) in [7, 11) is 2.14. The van der Waals surface area contributed by atoms with Crippen molar-refractivity contribution in [3.63, 3.8) is 0 Å². The lowest BCUT2D eigenvalue weighted by Crippen LogP contribution is -2.72. The van der Waals surface area contributed by atoms with Gasteiger partial charge in [0.1, 0.15) is 5.82 Å². The highest BCUT2D eigenvalue weighted by Gasteiger charge is 2.48. The molecule has 4 heterocycles. The molecule has 0 aliphatic carbocycles. The first-order chi connectivity index (χ1) is 15.1. The lowest BCUT2D eigenvalue weighted by atomic mass is 9.84. The summed E-state index contributed by atoms with van der Waals surface area (Å²) in [5, 5.41) is 12.8. The number of nitrogens with zero attached hydrogens (tertiary/aromatic N) is 6. The standard InChI is InChI=1S/C23H29N7O/c1-17-12-25-22(26-20-4-3-18-13-28(2)14-19(18)11-20)27-21(17)29-15-23(16-29,5-6-24)30-7-9-31-10-8-30/h3-4,11-12H,5,7-10,13-16H2,1-2H3,(H,25,26,27). The Morgan fingerprint density at radius 2 is 1.97 bits per heavy atom. The number of ether oxygens (including phenoxy) is 1. The zero-order chi connectivity index (χ0) is 21.4. The molecule has 0 radical (unpaired) electrons. The van der Waals surface area contributed by atoms with E-state index in [9.17, 15) is 5.26 Å². The SMILES string of the molecule is Cc1cnc(Nc2ccc3c(c2)CN(C)C3)nc1N1CC(CC#N)(N2CCOCC2)C1. The van der Waals surface area contributed by atoms with Gasteiger partial charge in [-0.1, -0.05) is 6.07 Å². The van der Waals surface area contributed by atoms with Crippen molar-refractivity contribution in [1.29, 1.82) is 5.26 Å². The number of hydrogen-bond donors (Lipinski definition) is 1. The second-order valence-corrected chi connectivity index (χ2v) is 9.00. The molecule has 3 aliphatic rings. The largest absolute Gasteiger partial charge is 0.379 e. The van der Waals surface area contributed by atoms with Crippen LogP contribution in [0.4, 0.5) is 17.5 Å². The summed E-state index contributed by atoms with van der Waals surface area (Å²) in [6, 6.07) is 8.88. The van der Waals surface area contributed by atoms with E-state index in [4.69, 9.17) is 9.72 Å². The summed E-state index contributed by atoms with van der Waals surface area (Å²) in [5.41, 5.74) is 4.70. The van der Waals surface area contributed by atoms with Gasteiger partial charge in [-0.2, -0.15) is 10.2 Å². The molecule has 8 heteroatoms. The molecule has 0 bridgehead atoms. The summed E-state index contributed by atoms with van der Waals surface area (Å²) < 4.78 is 5.51. The number of nitrogens with one attached hydrogen (secondary N) is 1. The molecule has 1 aromatic carbocycles. The quantitative estimate of drug-likeness (QED) is 0.791. The van der Waals surface area contributed by atoms with E-state index in [0.717, 1.165) is 69.6 Å². The zero-order valence-electron chi connectivity index (χ0n) is 18.3. The number of anilines is 3. The van der Waals surface area contributed by atoms with Crippen LogP contribution in [0, 0.1) is 18.3 Å². The Kier molecular flexibility index (Phi) is 5.26. The highest BCUT2D eigenvalue weighted by atomic mass is 16.5. The molecule has 0 atom stereocenters. The third-order valence-electron chi connectivity index (χ3n) is 6.65. The molecule has 1 N–H and O–H groups in total. The van der Waals surface area contributed by atoms with Crippen molar-refractivity contribution in [3.05, 3.63) is 41.1 Å². The maximum atomic E-state index is 9.44. The van der Waals surface area contributed by atoms with Crippen molar-refractivity contribution in [2.24, 2.45) is 0 Å². The minimum Gasteiger partial charge on any atom is -0.379 e. The molecule has 2 saturated heterocycles. The Bertz CT molecular complexity index is 1010. The van der Waals surface area contributed by atoms with Gasteiger partial charge < -0.3 is 15.0 Å². The molecule has 8 nitrogen and oxygen atoms in total. The molecule has 0 amide bonds. The third kappa shape index (κ3) is 3.85. The Hall–Kier alpha value is -2.73. The number of aromatic nitrogens is 2. The van der Waals surface area contributed by atoms with Crippen LogP contribution >= 0.6 is 0 Å². The zero-order valence-corrected chi connectivity index (χ0v) is 18.3. The molecule has 162 valence electrons. The number of morpholine rings is 1. The Balaban J connectivity index is 1.32. The molecule has 31 heavy (non-hydrogen) atoms. The van der Waals surface area contributed by atoms with Crippen LogP contribution in [-0.2, 0) is 17.8 Å². The van der Waals surface area contributed by atoms with Gasteiger partial charge in [0.05, 0.1) is 31.2 Å². The molecule has 0 spiro atoms. The van der Waals surface area contributed by atoms with Crippen molar-refractivity contribution in [1.82, 2.24) is 19.8 Å². The molecule has 1 aromatic heterocycles. The van der Waals surface area contributed by atoms with E-state index in [1.165, 1.54) is 11.1 Å². The van der Waals surface area contributed by atoms with Gasteiger partial charge in [0.2, 0.25) is 5.95 Å². The summed E-state index contributed by atoms with van der Waals surface area (Å²) in [6.45, 7) is 8.89. The summed E-state index contributed by atoms with van der Waals surface area (Å²) >= 11 is 0. The lowest BCUT2D eigenvalue weighted by molar-refractivity contribution is -0.0326. The first kappa shape index (κ1) is 20.2. The van der Waals surface area contributed by atoms with Crippen LogP contribution < -0.4 is 10.2 Å². The van der Waals surface area contributed by atoms with Gasteiger partial charge >= 0.3 is 0 Å². The van der Waals surface area contributed by atoms with Gasteiger partial charge in [-0.3, -0.25) is 9.80 Å². The van der Waals surface area contributed by atoms with E-state index < -0.39 is 0 Å². The van der Waals surface area contributed by atoms with E-state index in [1.807, 2.05) is 13.1 Å². The summed E-state index contributed by atoms with van der Waals surface area (Å²) in [6.07, 6.45) is 2.41. The van der Waals surface area contributed by atoms with Crippen molar-refractivity contribution in [3.8, 4) is 6.07 Å². The second kappa shape index (κ2) is 8.08. The number of aryl methyl sites for hydroxylation is 1. The van der Waals surface area contributed by atoms with Gasteiger partial charge in [0.15, 0.2) is 0 Å². The number of fused-ring (bicyclic) bond motifs is 1. The third-order valence-corrected chi connectivity index (χ3v) is 6.65. The molecule has 0 unspecified atom stereocenters. The van der Waals surface area contributed by atoms with Crippen molar-refractivity contribution in [2.45, 2.75) is 32.0 Å². The average Bonchev–Trinajstić information content (AvgIpc) is 3.12. The maximum absolute atomic E-state index is 9.44. The fourth-order valence-electron chi connectivity index (χ4n) is 5.01. The first-order valence-corrected chi connectivity index (χ1v) is 10.9. The van der Waals surface area contributed by atoms with Crippen LogP contribution in [0.15, 0.2) is 24.4 Å². The van der Waals surface area contributed by atoms with E-state index in [2.05, 4.69) is 56.3 Å². The van der Waals surface area contributed by atoms with Crippen LogP contribution in [0.2, 0.25) is 0 Å². The van der Waals surface area contributed by atoms with Crippen molar-refractivity contribution >= 4 is 17.5 Å². The second-order valence-electron chi connectivity index (χ2n) is 9.00. The van der Waals surface area contributed by atoms with Gasteiger partial charge in [-0.15, -0.1) is 0 Å². The first-order valence-electron chi connectivity index (χ1n) is 10.9. The van der Waals surface area contributed by atoms with Crippen LogP contribution in [-0.4, -0.2) is 71.7 Å². The van der Waals surface area contributed by atoms with Crippen molar-refractivity contribution in [2.75, 3.05) is 56.7 Å². The maximum Gasteiger partial charge on any atom is 0.229 e. The van der Waals surface area contributed by atoms with E-state index in [-0.39, 0.29) is 5.54 Å². The monoisotopic (exact) mass is 419 g/mol. The van der Waals surface area contributed by atoms with Gasteiger partial charge in [0, 0.05) is 56.7 Å².